The summed E-state index contributed by atoms with van der Waals surface area (Å²) < 4.78 is 7.20. The molecule has 2 N–H and O–H groups in total. The van der Waals surface area contributed by atoms with Crippen LogP contribution in [0.2, 0.25) is 0 Å². The molecular weight excluding hydrogens is 230 g/mol. The standard InChI is InChI=1S/C12H17N5O/c1-9(13)5-10-3-4-12(6-14-10)18-8-11-7-17(2)16-15-11/h3-4,6-7,9H,5,8,13H2,1-2H3. The zero-order chi connectivity index (χ0) is 13.0. The predicted molar refractivity (Wildman–Crippen MR) is 66.9 cm³/mol. The van der Waals surface area contributed by atoms with Gasteiger partial charge in [0.05, 0.1) is 12.4 Å². The van der Waals surface area contributed by atoms with Crippen LogP contribution in [-0.2, 0) is 20.1 Å². The van der Waals surface area contributed by atoms with E-state index in [1.165, 1.54) is 0 Å². The van der Waals surface area contributed by atoms with Gasteiger partial charge < -0.3 is 10.5 Å². The Labute approximate surface area is 106 Å². The molecule has 2 aromatic heterocycles. The first kappa shape index (κ1) is 12.5. The van der Waals surface area contributed by atoms with Crippen LogP contribution in [0.3, 0.4) is 0 Å². The summed E-state index contributed by atoms with van der Waals surface area (Å²) in [5, 5.41) is 7.77. The molecule has 0 spiro atoms. The first-order chi connectivity index (χ1) is 8.63. The number of ether oxygens (including phenoxy) is 1. The fourth-order valence-electron chi connectivity index (χ4n) is 1.57. The lowest BCUT2D eigenvalue weighted by atomic mass is 10.2. The van der Waals surface area contributed by atoms with E-state index >= 15 is 0 Å². The van der Waals surface area contributed by atoms with Gasteiger partial charge in [0.2, 0.25) is 0 Å². The summed E-state index contributed by atoms with van der Waals surface area (Å²) in [4.78, 5) is 4.29. The fourth-order valence-corrected chi connectivity index (χ4v) is 1.57. The second-order valence-electron chi connectivity index (χ2n) is 4.34. The summed E-state index contributed by atoms with van der Waals surface area (Å²) in [6.07, 6.45) is 4.29. The topological polar surface area (TPSA) is 78.9 Å². The van der Waals surface area contributed by atoms with Gasteiger partial charge in [-0.3, -0.25) is 9.67 Å². The van der Waals surface area contributed by atoms with Crippen LogP contribution in [0, 0.1) is 0 Å². The maximum Gasteiger partial charge on any atom is 0.138 e. The maximum atomic E-state index is 5.71. The van der Waals surface area contributed by atoms with Gasteiger partial charge in [0.1, 0.15) is 18.1 Å². The molecule has 0 aliphatic carbocycles. The summed E-state index contributed by atoms with van der Waals surface area (Å²) >= 11 is 0. The van der Waals surface area contributed by atoms with Gasteiger partial charge in [-0.05, 0) is 19.1 Å². The summed E-state index contributed by atoms with van der Waals surface area (Å²) in [5.41, 5.74) is 7.47. The SMILES string of the molecule is CC(N)Cc1ccc(OCc2cn(C)nn2)cn1. The molecule has 6 heteroatoms. The Hall–Kier alpha value is -1.95. The van der Waals surface area contributed by atoms with E-state index in [1.54, 1.807) is 10.9 Å². The lowest BCUT2D eigenvalue weighted by molar-refractivity contribution is 0.299. The molecule has 0 saturated carbocycles. The molecule has 0 amide bonds. The van der Waals surface area contributed by atoms with Crippen LogP contribution in [0.4, 0.5) is 0 Å². The normalized spacial score (nSPS) is 12.4. The van der Waals surface area contributed by atoms with Crippen LogP contribution in [0.5, 0.6) is 5.75 Å². The molecule has 0 bridgehead atoms. The highest BCUT2D eigenvalue weighted by Gasteiger charge is 2.02. The summed E-state index contributed by atoms with van der Waals surface area (Å²) in [7, 11) is 1.82. The summed E-state index contributed by atoms with van der Waals surface area (Å²) in [6.45, 7) is 2.35. The van der Waals surface area contributed by atoms with Crippen molar-refractivity contribution in [1.29, 1.82) is 0 Å². The Morgan fingerprint density at radius 2 is 2.22 bits per heavy atom. The van der Waals surface area contributed by atoms with Crippen molar-refractivity contribution < 1.29 is 4.74 Å². The Morgan fingerprint density at radius 1 is 1.39 bits per heavy atom. The molecule has 0 aliphatic rings. The van der Waals surface area contributed by atoms with Crippen LogP contribution in [0.25, 0.3) is 0 Å². The maximum absolute atomic E-state index is 5.71. The molecule has 2 aromatic rings. The van der Waals surface area contributed by atoms with Crippen molar-refractivity contribution in [2.75, 3.05) is 0 Å². The molecule has 96 valence electrons. The minimum absolute atomic E-state index is 0.115. The van der Waals surface area contributed by atoms with E-state index < -0.39 is 0 Å². The van der Waals surface area contributed by atoms with E-state index in [4.69, 9.17) is 10.5 Å². The minimum Gasteiger partial charge on any atom is -0.486 e. The van der Waals surface area contributed by atoms with Gasteiger partial charge in [0, 0.05) is 25.2 Å². The molecule has 1 unspecified atom stereocenters. The average Bonchev–Trinajstić information content (AvgIpc) is 2.74. The Balaban J connectivity index is 1.90. The smallest absolute Gasteiger partial charge is 0.138 e. The lowest BCUT2D eigenvalue weighted by Crippen LogP contribution is -2.18. The van der Waals surface area contributed by atoms with E-state index in [9.17, 15) is 0 Å². The first-order valence-electron chi connectivity index (χ1n) is 5.82. The van der Waals surface area contributed by atoms with E-state index in [1.807, 2.05) is 32.3 Å². The molecule has 0 fully saturated rings. The van der Waals surface area contributed by atoms with Gasteiger partial charge in [-0.1, -0.05) is 5.21 Å². The zero-order valence-electron chi connectivity index (χ0n) is 10.6. The van der Waals surface area contributed by atoms with Crippen molar-refractivity contribution in [3.8, 4) is 5.75 Å². The van der Waals surface area contributed by atoms with E-state index in [0.29, 0.717) is 12.4 Å². The Morgan fingerprint density at radius 3 is 2.78 bits per heavy atom. The molecule has 2 heterocycles. The molecule has 0 aliphatic heterocycles. The highest BCUT2D eigenvalue weighted by molar-refractivity contribution is 5.20. The second kappa shape index (κ2) is 5.59. The minimum atomic E-state index is 0.115. The highest BCUT2D eigenvalue weighted by Crippen LogP contribution is 2.11. The monoisotopic (exact) mass is 247 g/mol. The average molecular weight is 247 g/mol. The fraction of sp³-hybridized carbons (Fsp3) is 0.417. The van der Waals surface area contributed by atoms with E-state index in [2.05, 4.69) is 15.3 Å². The molecule has 0 saturated heterocycles. The first-order valence-corrected chi connectivity index (χ1v) is 5.82. The van der Waals surface area contributed by atoms with Gasteiger partial charge in [-0.15, -0.1) is 5.10 Å². The van der Waals surface area contributed by atoms with Gasteiger partial charge in [0.25, 0.3) is 0 Å². The molecule has 1 atom stereocenters. The predicted octanol–water partition coefficient (Wildman–Crippen LogP) is 0.679. The van der Waals surface area contributed by atoms with Crippen LogP contribution >= 0.6 is 0 Å². The number of hydrogen-bond donors (Lipinski definition) is 1. The number of aromatic nitrogens is 4. The van der Waals surface area contributed by atoms with Gasteiger partial charge in [-0.2, -0.15) is 0 Å². The molecular formula is C12H17N5O. The number of nitrogens with zero attached hydrogens (tertiary/aromatic N) is 4. The number of aryl methyl sites for hydroxylation is 1. The molecule has 0 aromatic carbocycles. The molecule has 6 nitrogen and oxygen atoms in total. The highest BCUT2D eigenvalue weighted by atomic mass is 16.5. The Kier molecular flexibility index (Phi) is 3.88. The van der Waals surface area contributed by atoms with Crippen LogP contribution in [0.1, 0.15) is 18.3 Å². The lowest BCUT2D eigenvalue weighted by Gasteiger charge is -2.06. The summed E-state index contributed by atoms with van der Waals surface area (Å²) in [6, 6.07) is 3.93. The second-order valence-corrected chi connectivity index (χ2v) is 4.34. The van der Waals surface area contributed by atoms with Gasteiger partial charge in [-0.25, -0.2) is 0 Å². The van der Waals surface area contributed by atoms with Crippen molar-refractivity contribution in [2.24, 2.45) is 12.8 Å². The zero-order valence-corrected chi connectivity index (χ0v) is 10.6. The quantitative estimate of drug-likeness (QED) is 0.840. The van der Waals surface area contributed by atoms with Crippen molar-refractivity contribution in [1.82, 2.24) is 20.0 Å². The van der Waals surface area contributed by atoms with Crippen LogP contribution < -0.4 is 10.5 Å². The third kappa shape index (κ3) is 3.53. The Bertz CT molecular complexity index is 491. The third-order valence-corrected chi connectivity index (χ3v) is 2.37. The van der Waals surface area contributed by atoms with Gasteiger partial charge in [0.15, 0.2) is 0 Å². The third-order valence-electron chi connectivity index (χ3n) is 2.37. The molecule has 18 heavy (non-hydrogen) atoms. The van der Waals surface area contributed by atoms with E-state index in [-0.39, 0.29) is 6.04 Å². The van der Waals surface area contributed by atoms with Crippen molar-refractivity contribution >= 4 is 0 Å². The van der Waals surface area contributed by atoms with Crippen molar-refractivity contribution in [3.63, 3.8) is 0 Å². The van der Waals surface area contributed by atoms with Crippen LogP contribution in [0.15, 0.2) is 24.5 Å². The van der Waals surface area contributed by atoms with Gasteiger partial charge >= 0.3 is 0 Å². The number of rotatable bonds is 5. The summed E-state index contributed by atoms with van der Waals surface area (Å²) in [5.74, 6) is 0.717. The van der Waals surface area contributed by atoms with Crippen molar-refractivity contribution in [3.05, 3.63) is 35.9 Å². The number of hydrogen-bond acceptors (Lipinski definition) is 5. The number of pyridine rings is 1. The van der Waals surface area contributed by atoms with Crippen LogP contribution in [-0.4, -0.2) is 26.0 Å². The van der Waals surface area contributed by atoms with Crippen molar-refractivity contribution in [2.45, 2.75) is 26.0 Å². The molecule has 2 rings (SSSR count). The molecule has 0 radical (unpaired) electrons. The van der Waals surface area contributed by atoms with E-state index in [0.717, 1.165) is 17.8 Å². The number of nitrogens with two attached hydrogens (primary N) is 1. The largest absolute Gasteiger partial charge is 0.486 e.